The molecule has 0 amide bonds. The van der Waals surface area contributed by atoms with Gasteiger partial charge in [-0.05, 0) is 206 Å². The van der Waals surface area contributed by atoms with E-state index in [1.54, 1.807) is 0 Å². The Labute approximate surface area is 613 Å². The van der Waals surface area contributed by atoms with Gasteiger partial charge in [-0.15, -0.1) is 0 Å². The first-order valence-electron chi connectivity index (χ1n) is 36.9. The van der Waals surface area contributed by atoms with Crippen molar-refractivity contribution in [1.82, 2.24) is 28.2 Å². The lowest BCUT2D eigenvalue weighted by atomic mass is 9.82. The van der Waals surface area contributed by atoms with Crippen molar-refractivity contribution in [2.75, 3.05) is 0 Å². The molecule has 6 heteroatoms. The highest BCUT2D eigenvalue weighted by Crippen LogP contribution is 2.52. The van der Waals surface area contributed by atoms with Crippen LogP contribution in [0.1, 0.15) is 49.9 Å². The number of hydrogen-bond donors (Lipinski definition) is 0. The van der Waals surface area contributed by atoms with Crippen LogP contribution < -0.4 is 0 Å². The van der Waals surface area contributed by atoms with Crippen LogP contribution in [-0.2, 0) is 10.8 Å². The number of hydrogen-bond acceptors (Lipinski definition) is 2. The molecule has 6 nitrogen and oxygen atoms in total. The molecular formula is C100H68N6. The van der Waals surface area contributed by atoms with Crippen LogP contribution in [-0.4, -0.2) is 28.2 Å². The molecule has 106 heavy (non-hydrogen) atoms. The summed E-state index contributed by atoms with van der Waals surface area (Å²) in [6.07, 6.45) is 0. The minimum Gasteiger partial charge on any atom is -0.309 e. The third-order valence-electron chi connectivity index (χ3n) is 23.6. The molecule has 20 aromatic rings. The second-order valence-electron chi connectivity index (χ2n) is 30.1. The lowest BCUT2D eigenvalue weighted by Crippen LogP contribution is -2.15. The summed E-state index contributed by atoms with van der Waals surface area (Å²) in [4.78, 5) is 10.8. The molecule has 0 saturated carbocycles. The van der Waals surface area contributed by atoms with Gasteiger partial charge >= 0.3 is 0 Å². The standard InChI is InChI=1S/C100H68N6/c1-99(2)84-31-14-8-25-72(84)74-47-45-70(58-86(74)99)105-92-35-18-12-29-78(92)82-56-65(41-51-96(82)105)63-39-49-94-80(54-63)76-27-10-16-33-90(76)103(94)68-43-37-62(38-44-68)98-101-88(61-21-6-5-7-22-61)60-89(102-98)67-23-20-24-69(53-67)104-91-34-17-11-28-77(91)81-55-64(40-50-95(81)104)66-42-52-97-83(57-66)79-30-13-19-36-93(79)106(97)71-46-48-75-73-26-9-15-32-85(73)100(3,4)87(75)59-71/h5-60H,1-4H3. The molecule has 0 aliphatic heterocycles. The fraction of sp³-hybridized carbons (Fsp3) is 0.0600. The Bertz CT molecular complexity index is 7130. The molecule has 0 saturated heterocycles. The maximum atomic E-state index is 5.46. The summed E-state index contributed by atoms with van der Waals surface area (Å²) < 4.78 is 9.72. The Kier molecular flexibility index (Phi) is 12.8. The number of benzene rings is 15. The molecule has 5 aromatic heterocycles. The maximum absolute atomic E-state index is 5.46. The molecule has 22 rings (SSSR count). The van der Waals surface area contributed by atoms with Gasteiger partial charge in [0.05, 0.1) is 55.5 Å². The third-order valence-corrected chi connectivity index (χ3v) is 23.6. The Hall–Kier alpha value is -13.4. The van der Waals surface area contributed by atoms with Gasteiger partial charge < -0.3 is 18.3 Å². The van der Waals surface area contributed by atoms with Gasteiger partial charge in [0.2, 0.25) is 0 Å². The molecule has 0 bridgehead atoms. The molecule has 15 aromatic carbocycles. The van der Waals surface area contributed by atoms with Crippen LogP contribution in [0.3, 0.4) is 0 Å². The van der Waals surface area contributed by atoms with Crippen molar-refractivity contribution in [2.24, 2.45) is 0 Å². The van der Waals surface area contributed by atoms with E-state index in [1.165, 1.54) is 143 Å². The highest BCUT2D eigenvalue weighted by Gasteiger charge is 2.37. The molecule has 498 valence electrons. The van der Waals surface area contributed by atoms with Crippen molar-refractivity contribution in [3.05, 3.63) is 362 Å². The van der Waals surface area contributed by atoms with Crippen molar-refractivity contribution in [1.29, 1.82) is 0 Å². The van der Waals surface area contributed by atoms with Gasteiger partial charge in [0, 0.05) is 93.4 Å². The summed E-state index contributed by atoms with van der Waals surface area (Å²) in [7, 11) is 0. The molecule has 0 fully saturated rings. The van der Waals surface area contributed by atoms with Crippen LogP contribution in [0, 0.1) is 0 Å². The maximum Gasteiger partial charge on any atom is 0.160 e. The van der Waals surface area contributed by atoms with Crippen LogP contribution in [0.5, 0.6) is 0 Å². The van der Waals surface area contributed by atoms with E-state index in [-0.39, 0.29) is 10.8 Å². The van der Waals surface area contributed by atoms with Crippen molar-refractivity contribution < 1.29 is 0 Å². The van der Waals surface area contributed by atoms with Gasteiger partial charge in [-0.1, -0.05) is 228 Å². The molecule has 0 unspecified atom stereocenters. The summed E-state index contributed by atoms with van der Waals surface area (Å²) >= 11 is 0. The Balaban J connectivity index is 0.595. The van der Waals surface area contributed by atoms with Crippen LogP contribution >= 0.6 is 0 Å². The van der Waals surface area contributed by atoms with Gasteiger partial charge in [0.25, 0.3) is 0 Å². The first kappa shape index (κ1) is 60.2. The number of para-hydroxylation sites is 4. The first-order chi connectivity index (χ1) is 52.1. The number of rotatable bonds is 9. The predicted molar refractivity (Wildman–Crippen MR) is 442 cm³/mol. The number of fused-ring (bicyclic) bond motifs is 18. The minimum atomic E-state index is -0.0986. The zero-order valence-electron chi connectivity index (χ0n) is 59.0. The van der Waals surface area contributed by atoms with Gasteiger partial charge in [-0.2, -0.15) is 0 Å². The third kappa shape index (κ3) is 8.85. The highest BCUT2D eigenvalue weighted by molar-refractivity contribution is 6.15. The average Bonchev–Trinajstić information content (AvgIpc) is 1.58. The van der Waals surface area contributed by atoms with Crippen LogP contribution in [0.2, 0.25) is 0 Å². The lowest BCUT2D eigenvalue weighted by molar-refractivity contribution is 0.660. The molecule has 0 N–H and O–H groups in total. The van der Waals surface area contributed by atoms with E-state index in [0.717, 1.165) is 61.5 Å². The van der Waals surface area contributed by atoms with E-state index >= 15 is 0 Å². The Morgan fingerprint density at radius 3 is 0.953 bits per heavy atom. The summed E-state index contributed by atoms with van der Waals surface area (Å²) in [6, 6.07) is 126. The Morgan fingerprint density at radius 1 is 0.198 bits per heavy atom. The van der Waals surface area contributed by atoms with Gasteiger partial charge in [0.15, 0.2) is 5.82 Å². The SMILES string of the molecule is CC1(C)c2ccccc2-c2ccc(-n3c4ccccc4c4cc(-c5ccc6c(c5)c5ccccc5n6-c5ccc(-c6nc(-c7ccccc7)cc(-c7cccc(-n8c9ccccc9c9cc(-c%10ccc%11c(c%10)c%10ccccc%10n%11-c%10ccc%11c(c%10)C(C)(C)c%10ccccc%10-%11)ccc98)c7)n6)cc5)ccc43)cc21. The van der Waals surface area contributed by atoms with E-state index in [0.29, 0.717) is 5.82 Å². The van der Waals surface area contributed by atoms with E-state index in [4.69, 9.17) is 9.97 Å². The zero-order chi connectivity index (χ0) is 70.3. The number of nitrogens with zero attached hydrogens (tertiary/aromatic N) is 6. The summed E-state index contributed by atoms with van der Waals surface area (Å²) in [5.41, 5.74) is 33.9. The van der Waals surface area contributed by atoms with Gasteiger partial charge in [0.1, 0.15) is 0 Å². The molecule has 0 atom stereocenters. The van der Waals surface area contributed by atoms with Crippen LogP contribution in [0.4, 0.5) is 0 Å². The quantitative estimate of drug-likeness (QED) is 0.145. The molecule has 0 radical (unpaired) electrons. The fourth-order valence-electron chi connectivity index (χ4n) is 18.4. The zero-order valence-corrected chi connectivity index (χ0v) is 59.0. The van der Waals surface area contributed by atoms with E-state index in [2.05, 4.69) is 386 Å². The Morgan fingerprint density at radius 2 is 0.519 bits per heavy atom. The highest BCUT2D eigenvalue weighted by atomic mass is 15.0. The van der Waals surface area contributed by atoms with Gasteiger partial charge in [-0.3, -0.25) is 0 Å². The first-order valence-corrected chi connectivity index (χ1v) is 36.9. The second kappa shape index (κ2) is 22.5. The molecule has 2 aliphatic rings. The normalized spacial score (nSPS) is 13.4. The van der Waals surface area contributed by atoms with E-state index < -0.39 is 0 Å². The summed E-state index contributed by atoms with van der Waals surface area (Å²) in [5.74, 6) is 0.660. The van der Waals surface area contributed by atoms with Crippen molar-refractivity contribution in [2.45, 2.75) is 38.5 Å². The minimum absolute atomic E-state index is 0.0965. The van der Waals surface area contributed by atoms with E-state index in [1.807, 2.05) is 0 Å². The lowest BCUT2D eigenvalue weighted by Gasteiger charge is -2.22. The van der Waals surface area contributed by atoms with Gasteiger partial charge in [-0.25, -0.2) is 9.97 Å². The van der Waals surface area contributed by atoms with Crippen molar-refractivity contribution in [3.8, 4) is 101 Å². The van der Waals surface area contributed by atoms with Crippen LogP contribution in [0.25, 0.3) is 188 Å². The molecule has 0 spiro atoms. The van der Waals surface area contributed by atoms with Crippen molar-refractivity contribution in [3.63, 3.8) is 0 Å². The number of aromatic nitrogens is 6. The average molecular weight is 1350 g/mol. The fourth-order valence-corrected chi connectivity index (χ4v) is 18.4. The largest absolute Gasteiger partial charge is 0.309 e. The van der Waals surface area contributed by atoms with Crippen LogP contribution in [0.15, 0.2) is 340 Å². The predicted octanol–water partition coefficient (Wildman–Crippen LogP) is 25.8. The van der Waals surface area contributed by atoms with E-state index in [9.17, 15) is 0 Å². The second-order valence-corrected chi connectivity index (χ2v) is 30.1. The van der Waals surface area contributed by atoms with Crippen molar-refractivity contribution >= 4 is 87.2 Å². The molecule has 5 heterocycles. The summed E-state index contributed by atoms with van der Waals surface area (Å²) in [6.45, 7) is 9.44. The topological polar surface area (TPSA) is 45.5 Å². The molecule has 2 aliphatic carbocycles. The summed E-state index contributed by atoms with van der Waals surface area (Å²) in [5, 5.41) is 9.76. The molecular weight excluding hydrogens is 1290 g/mol. The monoisotopic (exact) mass is 1350 g/mol. The smallest absolute Gasteiger partial charge is 0.160 e.